The summed E-state index contributed by atoms with van der Waals surface area (Å²) < 4.78 is 183. The zero-order valence-electron chi connectivity index (χ0n) is 71.0. The SMILES string of the molecule is CC(=O)c1ccc2nc(Cc3c(F)cc(-c4cccc5c4O[C@@](C)(c4ccc(Cl)cc4F)O5)cc3F)n(C[C@@H]3CCO3)c2c1.CC(=O)c1ccc2nc(Cc3c(F)cc(-c4cccc5c4O[C@](C)(c4ccc(Cl)cc4F)O5)cc3F)n(C[C@@H]3CCO3)c2c1.CC(=O)c1ccc2nc(Cc3cc(F)c(-c4cccc5c4O[C@@](C)(c4ccc(Cl)cn4)O5)cc3F)n(C[C@@H]3CCO3)c2c1. The molecule has 3 fully saturated rings. The highest BCUT2D eigenvalue weighted by Gasteiger charge is 2.46. The highest BCUT2D eigenvalue weighted by atomic mass is 35.5. The zero-order valence-corrected chi connectivity index (χ0v) is 73.2. The van der Waals surface area contributed by atoms with Crippen molar-refractivity contribution in [2.24, 2.45) is 0 Å². The maximum atomic E-state index is 15.8. The molecule has 4 aromatic heterocycles. The van der Waals surface area contributed by atoms with Crippen LogP contribution in [0.15, 0.2) is 200 Å². The number of ether oxygens (including phenoxy) is 9. The molecule has 6 aliphatic rings. The van der Waals surface area contributed by atoms with Gasteiger partial charge in [0.15, 0.2) is 51.8 Å². The smallest absolute Gasteiger partial charge is 0.292 e. The van der Waals surface area contributed by atoms with Crippen molar-refractivity contribution < 1.29 is 92.1 Å². The lowest BCUT2D eigenvalue weighted by Gasteiger charge is -2.27. The summed E-state index contributed by atoms with van der Waals surface area (Å²) in [7, 11) is 0. The summed E-state index contributed by atoms with van der Waals surface area (Å²) in [4.78, 5) is 54.5. The molecular weight excluding hydrogens is 1760 g/mol. The molecule has 0 bridgehead atoms. The summed E-state index contributed by atoms with van der Waals surface area (Å²) in [6.07, 6.45) is 3.83. The fourth-order valence-electron chi connectivity index (χ4n) is 17.1. The number of hydrogen-bond donors (Lipinski definition) is 0. The van der Waals surface area contributed by atoms with Gasteiger partial charge in [0.2, 0.25) is 0 Å². The lowest BCUT2D eigenvalue weighted by molar-refractivity contribution is -0.0717. The Morgan fingerprint density at radius 2 is 0.740 bits per heavy atom. The van der Waals surface area contributed by atoms with Crippen molar-refractivity contribution in [3.8, 4) is 67.9 Å². The van der Waals surface area contributed by atoms with Gasteiger partial charge in [-0.2, -0.15) is 0 Å². The van der Waals surface area contributed by atoms with Crippen LogP contribution in [0.5, 0.6) is 34.5 Å². The first-order valence-corrected chi connectivity index (χ1v) is 43.4. The quantitative estimate of drug-likeness (QED) is 0.0485. The van der Waals surface area contributed by atoms with E-state index in [-0.39, 0.29) is 127 Å². The molecule has 11 aromatic carbocycles. The maximum absolute atomic E-state index is 15.8. The number of carbonyl (C=O) groups is 3. The molecule has 30 heteroatoms. The van der Waals surface area contributed by atoms with E-state index in [1.807, 2.05) is 13.7 Å². The van der Waals surface area contributed by atoms with Crippen molar-refractivity contribution >= 4 is 85.3 Å². The minimum Gasteiger partial charge on any atom is -0.444 e. The fraction of sp³-hybridized carbons (Fsp3) is 0.238. The predicted molar refractivity (Wildman–Crippen MR) is 474 cm³/mol. The third-order valence-corrected chi connectivity index (χ3v) is 25.1. The number of carbonyl (C=O) groups excluding carboxylic acids is 3. The van der Waals surface area contributed by atoms with E-state index in [1.54, 1.807) is 142 Å². The Morgan fingerprint density at radius 1 is 0.374 bits per heavy atom. The monoisotopic (exact) mass is 1840 g/mol. The van der Waals surface area contributed by atoms with Crippen LogP contribution in [0, 0.1) is 46.5 Å². The van der Waals surface area contributed by atoms with E-state index >= 15 is 26.3 Å². The normalized spacial score (nSPS) is 19.0. The second-order valence-electron chi connectivity index (χ2n) is 33.3. The van der Waals surface area contributed by atoms with Gasteiger partial charge in [0, 0.05) is 126 Å². The number of halogens is 11. The lowest BCUT2D eigenvalue weighted by atomic mass is 10.00. The van der Waals surface area contributed by atoms with Crippen molar-refractivity contribution in [2.45, 2.75) is 135 Å². The van der Waals surface area contributed by atoms with E-state index in [4.69, 9.17) is 82.4 Å². The molecule has 0 unspecified atom stereocenters. The van der Waals surface area contributed by atoms with Crippen LogP contribution in [-0.2, 0) is 70.5 Å². The summed E-state index contributed by atoms with van der Waals surface area (Å²) in [6.45, 7) is 12.7. The number of hydrogen-bond acceptors (Lipinski definition) is 16. The van der Waals surface area contributed by atoms with E-state index < -0.39 is 63.9 Å². The summed E-state index contributed by atoms with van der Waals surface area (Å²) in [5, 5.41) is 0.920. The number of Topliss-reactive ketones (excluding diaryl/α,β-unsaturated/α-hetero) is 3. The van der Waals surface area contributed by atoms with Gasteiger partial charge in [-0.05, 0) is 214 Å². The minimum absolute atomic E-state index is 0.00255. The second-order valence-corrected chi connectivity index (χ2v) is 34.6. The third kappa shape index (κ3) is 17.0. The van der Waals surface area contributed by atoms with Crippen molar-refractivity contribution in [1.82, 2.24) is 33.6 Å². The van der Waals surface area contributed by atoms with Crippen LogP contribution in [0.1, 0.15) is 143 Å². The van der Waals surface area contributed by atoms with E-state index in [9.17, 15) is 23.2 Å². The highest BCUT2D eigenvalue weighted by Crippen LogP contribution is 2.54. The first kappa shape index (κ1) is 87.3. The zero-order chi connectivity index (χ0) is 91.4. The van der Waals surface area contributed by atoms with E-state index in [1.165, 1.54) is 87.6 Å². The second kappa shape index (κ2) is 34.7. The molecular formula is C101H78Cl3F8N7O12. The molecule has 0 amide bonds. The molecule has 0 aliphatic carbocycles. The van der Waals surface area contributed by atoms with Crippen molar-refractivity contribution in [3.05, 3.63) is 330 Å². The average Bonchev–Trinajstić information content (AvgIpc) is 1.72. The number of nitrogens with zero attached hydrogens (tertiary/aromatic N) is 7. The molecule has 0 spiro atoms. The maximum Gasteiger partial charge on any atom is 0.292 e. The van der Waals surface area contributed by atoms with Gasteiger partial charge in [-0.1, -0.05) is 71.2 Å². The summed E-state index contributed by atoms with van der Waals surface area (Å²) >= 11 is 17.8. The summed E-state index contributed by atoms with van der Waals surface area (Å²) in [5.74, 6) is -6.77. The first-order chi connectivity index (χ1) is 62.9. The van der Waals surface area contributed by atoms with Gasteiger partial charge in [0.05, 0.1) is 87.2 Å². The Hall–Kier alpha value is -13.0. The minimum atomic E-state index is -1.52. The fourth-order valence-corrected chi connectivity index (χ4v) is 17.5. The van der Waals surface area contributed by atoms with Crippen LogP contribution in [0.25, 0.3) is 66.5 Å². The number of para-hydroxylation sites is 3. The molecule has 19 nitrogen and oxygen atoms in total. The third-order valence-electron chi connectivity index (χ3n) is 24.4. The van der Waals surface area contributed by atoms with Crippen LogP contribution in [0.3, 0.4) is 0 Å². The highest BCUT2D eigenvalue weighted by molar-refractivity contribution is 6.31. The van der Waals surface area contributed by atoms with Gasteiger partial charge < -0.3 is 56.3 Å². The van der Waals surface area contributed by atoms with E-state index in [0.29, 0.717) is 146 Å². The molecule has 0 N–H and O–H groups in total. The molecule has 0 radical (unpaired) electrons. The van der Waals surface area contributed by atoms with Crippen molar-refractivity contribution in [1.29, 1.82) is 0 Å². The van der Waals surface area contributed by atoms with Crippen LogP contribution in [0.2, 0.25) is 15.1 Å². The molecule has 0 saturated carbocycles. The first-order valence-electron chi connectivity index (χ1n) is 42.2. The van der Waals surface area contributed by atoms with Crippen LogP contribution in [0.4, 0.5) is 35.1 Å². The molecule has 3 saturated heterocycles. The Balaban J connectivity index is 0.000000127. The molecule has 666 valence electrons. The average molecular weight is 1840 g/mol. The predicted octanol–water partition coefficient (Wildman–Crippen LogP) is 23.3. The molecule has 6 atom stereocenters. The van der Waals surface area contributed by atoms with Gasteiger partial charge in [-0.3, -0.25) is 19.4 Å². The molecule has 15 aromatic rings. The Labute approximate surface area is 759 Å². The number of aromatic nitrogens is 7. The number of ketones is 3. The van der Waals surface area contributed by atoms with E-state index in [0.717, 1.165) is 36.9 Å². The van der Waals surface area contributed by atoms with Crippen LogP contribution in [-0.4, -0.2) is 89.1 Å². The van der Waals surface area contributed by atoms with Crippen molar-refractivity contribution in [2.75, 3.05) is 19.8 Å². The Kier molecular flexibility index (Phi) is 23.1. The molecule has 10 heterocycles. The number of benzene rings is 11. The molecule has 131 heavy (non-hydrogen) atoms. The lowest BCUT2D eigenvalue weighted by Crippen LogP contribution is -2.32. The standard InChI is InChI=1S/2C34H26ClF3N2O4.C33H26ClF2N3O4/c2*1-18(41)19-6-9-29-30(14-19)40(17-22-10-11-42-22)32(39-29)16-24-26(36)12-20(13-27(24)37)23-4-3-5-31-33(23)44-34(2,43-31)25-8-7-21(35)15-28(25)38;1-18(40)19-6-8-27-28(13-19)39(17-22-10-11-41-22)31(38-27)14-20-12-26(36)24(15-25(20)35)23-4-3-5-29-32(23)43-33(2,42-29)30-9-7-21(34)16-37-30/h2*3-9,12-15,22H,10-11,16-17H2,1-2H3;3-9,12-13,15-16,22H,10-11,14,17H2,1-2H3/t22-,34+;22-,34-;22-,33-/m000/s1. The number of fused-ring (bicyclic) bond motifs is 6. The molecule has 21 rings (SSSR count). The van der Waals surface area contributed by atoms with Gasteiger partial charge in [-0.25, -0.2) is 50.1 Å². The summed E-state index contributed by atoms with van der Waals surface area (Å²) in [5.41, 5.74) is 7.90. The van der Waals surface area contributed by atoms with Crippen molar-refractivity contribution in [3.63, 3.8) is 0 Å². The topological polar surface area (TPSA) is 201 Å². The molecule has 6 aliphatic heterocycles. The van der Waals surface area contributed by atoms with E-state index in [2.05, 4.69) is 15.0 Å². The van der Waals surface area contributed by atoms with Gasteiger partial charge >= 0.3 is 0 Å². The van der Waals surface area contributed by atoms with Gasteiger partial charge in [-0.15, -0.1) is 0 Å². The van der Waals surface area contributed by atoms with Gasteiger partial charge in [0.25, 0.3) is 17.4 Å². The largest absolute Gasteiger partial charge is 0.444 e. The number of rotatable bonds is 21. The van der Waals surface area contributed by atoms with Gasteiger partial charge in [0.1, 0.15) is 69.7 Å². The Bertz CT molecular complexity index is 6860. The number of imidazole rings is 3. The van der Waals surface area contributed by atoms with Crippen LogP contribution >= 0.6 is 34.8 Å². The summed E-state index contributed by atoms with van der Waals surface area (Å²) in [6, 6.07) is 49.7. The number of pyridine rings is 1. The Morgan fingerprint density at radius 3 is 1.11 bits per heavy atom. The van der Waals surface area contributed by atoms with Crippen LogP contribution < -0.4 is 28.4 Å².